The van der Waals surface area contributed by atoms with E-state index in [4.69, 9.17) is 4.74 Å². The highest BCUT2D eigenvalue weighted by Crippen LogP contribution is 2.33. The molecule has 0 spiro atoms. The highest BCUT2D eigenvalue weighted by atomic mass is 16.5. The van der Waals surface area contributed by atoms with Crippen molar-refractivity contribution in [2.45, 2.75) is 19.9 Å². The van der Waals surface area contributed by atoms with Crippen LogP contribution in [-0.4, -0.2) is 27.7 Å². The summed E-state index contributed by atoms with van der Waals surface area (Å²) in [5.41, 5.74) is 2.42. The van der Waals surface area contributed by atoms with Crippen molar-refractivity contribution < 1.29 is 4.74 Å². The van der Waals surface area contributed by atoms with Gasteiger partial charge in [0, 0.05) is 31.4 Å². The number of rotatable bonds is 5. The zero-order valence-electron chi connectivity index (χ0n) is 10.9. The fourth-order valence-electron chi connectivity index (χ4n) is 1.94. The Bertz CT molecular complexity index is 337. The summed E-state index contributed by atoms with van der Waals surface area (Å²) in [6, 6.07) is 6.44. The van der Waals surface area contributed by atoms with E-state index in [0.717, 1.165) is 12.3 Å². The van der Waals surface area contributed by atoms with Crippen molar-refractivity contribution in [1.29, 1.82) is 0 Å². The molecule has 0 aliphatic rings. The smallest absolute Gasteiger partial charge is 0.125 e. The second-order valence-electron chi connectivity index (χ2n) is 4.07. The third kappa shape index (κ3) is 2.67. The molecule has 1 N–H and O–H groups in total. The first-order chi connectivity index (χ1) is 7.61. The van der Waals surface area contributed by atoms with Crippen LogP contribution in [0.25, 0.3) is 0 Å². The van der Waals surface area contributed by atoms with E-state index in [9.17, 15) is 0 Å². The van der Waals surface area contributed by atoms with E-state index >= 15 is 0 Å². The maximum Gasteiger partial charge on any atom is 0.125 e. The van der Waals surface area contributed by atoms with Crippen LogP contribution in [0.4, 0.5) is 5.69 Å². The minimum absolute atomic E-state index is 0.290. The number of nitrogens with one attached hydrogen (secondary N) is 1. The van der Waals surface area contributed by atoms with Crippen LogP contribution in [-0.2, 0) is 0 Å². The molecule has 0 saturated carbocycles. The Morgan fingerprint density at radius 3 is 2.56 bits per heavy atom. The number of ether oxygens (including phenoxy) is 1. The number of benzene rings is 1. The molecule has 0 aromatic heterocycles. The Morgan fingerprint density at radius 2 is 2.06 bits per heavy atom. The summed E-state index contributed by atoms with van der Waals surface area (Å²) in [6.07, 6.45) is 0. The summed E-state index contributed by atoms with van der Waals surface area (Å²) in [7, 11) is 5.82. The lowest BCUT2D eigenvalue weighted by Crippen LogP contribution is -2.22. The van der Waals surface area contributed by atoms with Crippen LogP contribution in [0, 0.1) is 0 Å². The van der Waals surface area contributed by atoms with Gasteiger partial charge in [-0.05, 0) is 25.6 Å². The normalized spacial score (nSPS) is 12.3. The van der Waals surface area contributed by atoms with Gasteiger partial charge in [-0.25, -0.2) is 0 Å². The van der Waals surface area contributed by atoms with E-state index in [1.165, 1.54) is 11.3 Å². The Balaban J connectivity index is 3.18. The van der Waals surface area contributed by atoms with Crippen molar-refractivity contribution >= 4 is 5.69 Å². The third-order valence-corrected chi connectivity index (χ3v) is 2.69. The van der Waals surface area contributed by atoms with E-state index in [1.807, 2.05) is 12.1 Å². The van der Waals surface area contributed by atoms with Gasteiger partial charge in [0.15, 0.2) is 0 Å². The number of methoxy groups -OCH3 is 1. The maximum atomic E-state index is 5.44. The van der Waals surface area contributed by atoms with Crippen molar-refractivity contribution in [3.63, 3.8) is 0 Å². The fourth-order valence-corrected chi connectivity index (χ4v) is 1.94. The molecule has 0 aliphatic carbocycles. The molecule has 3 heteroatoms. The average molecular weight is 222 g/mol. The topological polar surface area (TPSA) is 24.5 Å². The molecule has 0 saturated heterocycles. The lowest BCUT2D eigenvalue weighted by atomic mass is 10.0. The zero-order chi connectivity index (χ0) is 12.1. The van der Waals surface area contributed by atoms with Gasteiger partial charge in [0.25, 0.3) is 0 Å². The van der Waals surface area contributed by atoms with Gasteiger partial charge in [-0.2, -0.15) is 0 Å². The van der Waals surface area contributed by atoms with Gasteiger partial charge in [0.1, 0.15) is 5.75 Å². The second-order valence-corrected chi connectivity index (χ2v) is 4.07. The van der Waals surface area contributed by atoms with E-state index in [-0.39, 0.29) is 0 Å². The molecule has 0 radical (unpaired) electrons. The minimum atomic E-state index is 0.290. The molecule has 90 valence electrons. The molecular formula is C13H22N2O. The standard InChI is InChI=1S/C13H22N2O/c1-6-14-10(2)13-11(15(3)4)8-7-9-12(13)16-5/h7-10,14H,6H2,1-5H3. The van der Waals surface area contributed by atoms with Crippen LogP contribution in [0.3, 0.4) is 0 Å². The first-order valence-corrected chi connectivity index (χ1v) is 5.69. The molecule has 1 unspecified atom stereocenters. The van der Waals surface area contributed by atoms with E-state index in [0.29, 0.717) is 6.04 Å². The fraction of sp³-hybridized carbons (Fsp3) is 0.538. The molecule has 1 aromatic rings. The minimum Gasteiger partial charge on any atom is -0.496 e. The van der Waals surface area contributed by atoms with Crippen LogP contribution >= 0.6 is 0 Å². The van der Waals surface area contributed by atoms with Crippen molar-refractivity contribution in [2.24, 2.45) is 0 Å². The van der Waals surface area contributed by atoms with E-state index < -0.39 is 0 Å². The monoisotopic (exact) mass is 222 g/mol. The molecule has 0 bridgehead atoms. The Hall–Kier alpha value is -1.22. The van der Waals surface area contributed by atoms with Gasteiger partial charge in [-0.1, -0.05) is 13.0 Å². The third-order valence-electron chi connectivity index (χ3n) is 2.69. The largest absolute Gasteiger partial charge is 0.496 e. The van der Waals surface area contributed by atoms with Gasteiger partial charge in [0.05, 0.1) is 7.11 Å². The molecular weight excluding hydrogens is 200 g/mol. The molecule has 0 amide bonds. The molecule has 1 aromatic carbocycles. The Kier molecular flexibility index (Phi) is 4.62. The van der Waals surface area contributed by atoms with Crippen molar-refractivity contribution in [2.75, 3.05) is 32.6 Å². The summed E-state index contributed by atoms with van der Waals surface area (Å²) in [5.74, 6) is 0.944. The molecule has 3 nitrogen and oxygen atoms in total. The van der Waals surface area contributed by atoms with Crippen molar-refractivity contribution in [3.05, 3.63) is 23.8 Å². The van der Waals surface area contributed by atoms with Gasteiger partial charge >= 0.3 is 0 Å². The van der Waals surface area contributed by atoms with Crippen molar-refractivity contribution in [1.82, 2.24) is 5.32 Å². The lowest BCUT2D eigenvalue weighted by Gasteiger charge is -2.24. The zero-order valence-corrected chi connectivity index (χ0v) is 10.9. The number of hydrogen-bond acceptors (Lipinski definition) is 3. The van der Waals surface area contributed by atoms with Crippen LogP contribution in [0.5, 0.6) is 5.75 Å². The molecule has 0 heterocycles. The second kappa shape index (κ2) is 5.75. The van der Waals surface area contributed by atoms with E-state index in [2.05, 4.69) is 44.2 Å². The Labute approximate surface area is 98.4 Å². The number of hydrogen-bond donors (Lipinski definition) is 1. The predicted molar refractivity (Wildman–Crippen MR) is 69.4 cm³/mol. The van der Waals surface area contributed by atoms with Gasteiger partial charge in [-0.3, -0.25) is 0 Å². The summed E-state index contributed by atoms with van der Waals surface area (Å²) in [6.45, 7) is 5.22. The van der Waals surface area contributed by atoms with Crippen LogP contribution < -0.4 is 15.0 Å². The summed E-state index contributed by atoms with van der Waals surface area (Å²) in [5, 5.41) is 3.43. The SMILES string of the molecule is CCNC(C)c1c(OC)cccc1N(C)C. The van der Waals surface area contributed by atoms with Crippen LogP contribution in [0.15, 0.2) is 18.2 Å². The first kappa shape index (κ1) is 12.8. The number of nitrogens with zero attached hydrogens (tertiary/aromatic N) is 1. The maximum absolute atomic E-state index is 5.44. The molecule has 1 rings (SSSR count). The number of anilines is 1. The summed E-state index contributed by atoms with van der Waals surface area (Å²) in [4.78, 5) is 2.12. The van der Waals surface area contributed by atoms with Gasteiger partial charge < -0.3 is 15.0 Å². The van der Waals surface area contributed by atoms with Gasteiger partial charge in [0.2, 0.25) is 0 Å². The Morgan fingerprint density at radius 1 is 1.38 bits per heavy atom. The quantitative estimate of drug-likeness (QED) is 0.828. The van der Waals surface area contributed by atoms with Crippen LogP contribution in [0.1, 0.15) is 25.5 Å². The summed E-state index contributed by atoms with van der Waals surface area (Å²) < 4.78 is 5.44. The molecule has 0 aliphatic heterocycles. The van der Waals surface area contributed by atoms with Crippen molar-refractivity contribution in [3.8, 4) is 5.75 Å². The first-order valence-electron chi connectivity index (χ1n) is 5.69. The van der Waals surface area contributed by atoms with Crippen LogP contribution in [0.2, 0.25) is 0 Å². The van der Waals surface area contributed by atoms with E-state index in [1.54, 1.807) is 7.11 Å². The van der Waals surface area contributed by atoms with Gasteiger partial charge in [-0.15, -0.1) is 0 Å². The summed E-state index contributed by atoms with van der Waals surface area (Å²) >= 11 is 0. The molecule has 1 atom stereocenters. The predicted octanol–water partition coefficient (Wildman–Crippen LogP) is 2.43. The average Bonchev–Trinajstić information content (AvgIpc) is 2.28. The molecule has 16 heavy (non-hydrogen) atoms. The molecule has 0 fully saturated rings. The lowest BCUT2D eigenvalue weighted by molar-refractivity contribution is 0.402. The highest BCUT2D eigenvalue weighted by molar-refractivity contribution is 5.60. The highest BCUT2D eigenvalue weighted by Gasteiger charge is 2.16.